The number of nitrogens with zero attached hydrogens (tertiary/aromatic N) is 2. The highest BCUT2D eigenvalue weighted by Crippen LogP contribution is 2.70. The summed E-state index contributed by atoms with van der Waals surface area (Å²) >= 11 is 13.9. The molecule has 3 fully saturated rings. The lowest BCUT2D eigenvalue weighted by Crippen LogP contribution is -2.44. The van der Waals surface area contributed by atoms with E-state index in [0.29, 0.717) is 12.3 Å². The van der Waals surface area contributed by atoms with E-state index in [9.17, 15) is 4.57 Å². The van der Waals surface area contributed by atoms with Crippen molar-refractivity contribution in [1.29, 1.82) is 0 Å². The maximum Gasteiger partial charge on any atom is 0.251 e. The Morgan fingerprint density at radius 3 is 1.62 bits per heavy atom. The molecule has 0 atom stereocenters. The first-order chi connectivity index (χ1) is 11.5. The molecule has 24 heavy (non-hydrogen) atoms. The first kappa shape index (κ1) is 19.5. The van der Waals surface area contributed by atoms with Crippen molar-refractivity contribution in [3.63, 3.8) is 0 Å². The second-order valence-corrected chi connectivity index (χ2v) is 12.9. The Morgan fingerprint density at radius 1 is 0.750 bits per heavy atom. The van der Waals surface area contributed by atoms with Crippen molar-refractivity contribution in [2.75, 3.05) is 26.2 Å². The van der Waals surface area contributed by atoms with E-state index in [1.54, 1.807) is 0 Å². The Kier molecular flexibility index (Phi) is 6.99. The minimum Gasteiger partial charge on any atom is -0.286 e. The number of halogens is 2. The third-order valence-corrected chi connectivity index (χ3v) is 11.1. The standard InChI is InChI=1S/C18H33Cl2N2OP/c19-18(20,16-17-10-4-1-5-11-17)24(23,21-12-6-2-7-13-21)22-14-8-3-9-15-22/h17H,1-16H2. The van der Waals surface area contributed by atoms with Crippen molar-refractivity contribution in [2.45, 2.75) is 81.1 Å². The highest BCUT2D eigenvalue weighted by molar-refractivity contribution is 7.64. The predicted molar refractivity (Wildman–Crippen MR) is 104 cm³/mol. The molecule has 0 aromatic heterocycles. The Morgan fingerprint density at radius 2 is 1.17 bits per heavy atom. The third kappa shape index (κ3) is 4.17. The van der Waals surface area contributed by atoms with Crippen LogP contribution in [0.1, 0.15) is 77.0 Å². The Bertz CT molecular complexity index is 420. The second-order valence-electron chi connectivity index (χ2n) is 7.95. The van der Waals surface area contributed by atoms with E-state index in [-0.39, 0.29) is 0 Å². The van der Waals surface area contributed by atoms with E-state index < -0.39 is 11.5 Å². The van der Waals surface area contributed by atoms with Gasteiger partial charge in [-0.15, -0.1) is 0 Å². The number of piperidine rings is 2. The zero-order chi connectivity index (χ0) is 17.0. The van der Waals surface area contributed by atoms with Gasteiger partial charge in [-0.1, -0.05) is 68.1 Å². The molecule has 1 aliphatic carbocycles. The summed E-state index contributed by atoms with van der Waals surface area (Å²) in [6.07, 6.45) is 13.9. The molecule has 0 aromatic carbocycles. The van der Waals surface area contributed by atoms with Gasteiger partial charge in [-0.3, -0.25) is 4.57 Å². The average Bonchev–Trinajstić information content (AvgIpc) is 2.63. The summed E-state index contributed by atoms with van der Waals surface area (Å²) in [7, 11) is -2.94. The van der Waals surface area contributed by atoms with Gasteiger partial charge in [0, 0.05) is 26.2 Å². The first-order valence-electron chi connectivity index (χ1n) is 10.0. The summed E-state index contributed by atoms with van der Waals surface area (Å²) in [6, 6.07) is 0. The molecule has 3 aliphatic rings. The summed E-state index contributed by atoms with van der Waals surface area (Å²) in [5.74, 6) is 0.539. The van der Waals surface area contributed by atoms with Gasteiger partial charge in [-0.2, -0.15) is 0 Å². The lowest BCUT2D eigenvalue weighted by Gasteiger charge is -2.48. The molecule has 0 bridgehead atoms. The summed E-state index contributed by atoms with van der Waals surface area (Å²) in [5, 5.41) is 0. The normalized spacial score (nSPS) is 26.6. The molecular formula is C18H33Cl2N2OP. The number of alkyl halides is 2. The smallest absolute Gasteiger partial charge is 0.251 e. The quantitative estimate of drug-likeness (QED) is 0.406. The molecule has 3 rings (SSSR count). The van der Waals surface area contributed by atoms with Crippen molar-refractivity contribution in [2.24, 2.45) is 5.92 Å². The number of hydrogen-bond donors (Lipinski definition) is 0. The van der Waals surface area contributed by atoms with E-state index in [1.165, 1.54) is 44.9 Å². The van der Waals surface area contributed by atoms with Crippen LogP contribution in [0.2, 0.25) is 0 Å². The molecule has 3 nitrogen and oxygen atoms in total. The molecule has 0 N–H and O–H groups in total. The van der Waals surface area contributed by atoms with Crippen molar-refractivity contribution >= 4 is 30.6 Å². The van der Waals surface area contributed by atoms with Crippen molar-refractivity contribution in [1.82, 2.24) is 9.34 Å². The minimum atomic E-state index is -2.94. The molecule has 6 heteroatoms. The van der Waals surface area contributed by atoms with Crippen LogP contribution in [0.5, 0.6) is 0 Å². The molecule has 0 aromatic rings. The SMILES string of the molecule is O=P(N1CCCCC1)(N1CCCCC1)C(Cl)(Cl)CC1CCCCC1. The molecule has 2 saturated heterocycles. The molecular weight excluding hydrogens is 362 g/mol. The van der Waals surface area contributed by atoms with Crippen LogP contribution >= 0.6 is 30.6 Å². The molecule has 0 unspecified atom stereocenters. The van der Waals surface area contributed by atoms with Crippen LogP contribution in [0, 0.1) is 5.92 Å². The lowest BCUT2D eigenvalue weighted by molar-refractivity contribution is 0.263. The highest BCUT2D eigenvalue weighted by atomic mass is 35.5. The lowest BCUT2D eigenvalue weighted by atomic mass is 9.87. The molecule has 0 radical (unpaired) electrons. The van der Waals surface area contributed by atoms with Crippen molar-refractivity contribution in [3.8, 4) is 0 Å². The van der Waals surface area contributed by atoms with E-state index in [0.717, 1.165) is 51.9 Å². The van der Waals surface area contributed by atoms with Gasteiger partial charge in [0.2, 0.25) is 0 Å². The zero-order valence-corrected chi connectivity index (χ0v) is 17.3. The molecule has 140 valence electrons. The van der Waals surface area contributed by atoms with Gasteiger partial charge < -0.3 is 0 Å². The fraction of sp³-hybridized carbons (Fsp3) is 1.00. The van der Waals surface area contributed by atoms with Crippen LogP contribution in [0.4, 0.5) is 0 Å². The molecule has 2 heterocycles. The second kappa shape index (κ2) is 8.61. The maximum atomic E-state index is 14.4. The monoisotopic (exact) mass is 394 g/mol. The van der Waals surface area contributed by atoms with Crippen LogP contribution in [-0.2, 0) is 4.57 Å². The maximum absolute atomic E-state index is 14.4. The first-order valence-corrected chi connectivity index (χ1v) is 12.4. The van der Waals surface area contributed by atoms with Gasteiger partial charge >= 0.3 is 0 Å². The Hall–Kier alpha value is 0.730. The van der Waals surface area contributed by atoms with Crippen LogP contribution in [0.3, 0.4) is 0 Å². The van der Waals surface area contributed by atoms with E-state index >= 15 is 0 Å². The van der Waals surface area contributed by atoms with E-state index in [2.05, 4.69) is 9.34 Å². The molecule has 2 aliphatic heterocycles. The predicted octanol–water partition coefficient (Wildman–Crippen LogP) is 6.25. The van der Waals surface area contributed by atoms with Crippen molar-refractivity contribution < 1.29 is 4.57 Å². The average molecular weight is 395 g/mol. The highest BCUT2D eigenvalue weighted by Gasteiger charge is 2.54. The number of rotatable bonds is 5. The molecule has 0 spiro atoms. The van der Waals surface area contributed by atoms with Gasteiger partial charge in [0.25, 0.3) is 7.44 Å². The topological polar surface area (TPSA) is 23.6 Å². The van der Waals surface area contributed by atoms with Gasteiger partial charge in [-0.05, 0) is 38.0 Å². The third-order valence-electron chi connectivity index (χ3n) is 6.12. The van der Waals surface area contributed by atoms with E-state index in [4.69, 9.17) is 23.2 Å². The van der Waals surface area contributed by atoms with Crippen LogP contribution in [0.25, 0.3) is 0 Å². The fourth-order valence-electron chi connectivity index (χ4n) is 4.75. The van der Waals surface area contributed by atoms with Crippen LogP contribution in [-0.4, -0.2) is 39.6 Å². The fourth-order valence-corrected chi connectivity index (χ4v) is 9.80. The van der Waals surface area contributed by atoms with Crippen molar-refractivity contribution in [3.05, 3.63) is 0 Å². The summed E-state index contributed by atoms with van der Waals surface area (Å²) < 4.78 is 17.7. The molecule has 0 amide bonds. The van der Waals surface area contributed by atoms with E-state index in [1.807, 2.05) is 0 Å². The zero-order valence-electron chi connectivity index (χ0n) is 14.9. The van der Waals surface area contributed by atoms with Gasteiger partial charge in [0.15, 0.2) is 4.07 Å². The van der Waals surface area contributed by atoms with Crippen LogP contribution < -0.4 is 0 Å². The van der Waals surface area contributed by atoms with Gasteiger partial charge in [0.1, 0.15) is 0 Å². The Labute approximate surface area is 157 Å². The summed E-state index contributed by atoms with van der Waals surface area (Å²) in [6.45, 7) is 3.55. The Balaban J connectivity index is 1.82. The van der Waals surface area contributed by atoms with Gasteiger partial charge in [0.05, 0.1) is 0 Å². The van der Waals surface area contributed by atoms with Crippen LogP contribution in [0.15, 0.2) is 0 Å². The molecule has 1 saturated carbocycles. The largest absolute Gasteiger partial charge is 0.286 e. The summed E-state index contributed by atoms with van der Waals surface area (Å²) in [4.78, 5) is 0. The minimum absolute atomic E-state index is 0.539. The summed E-state index contributed by atoms with van der Waals surface area (Å²) in [5.41, 5.74) is 0. The van der Waals surface area contributed by atoms with Gasteiger partial charge in [-0.25, -0.2) is 9.34 Å². The number of hydrogen-bond acceptors (Lipinski definition) is 1.